The van der Waals surface area contributed by atoms with Crippen LogP contribution in [0.4, 0.5) is 0 Å². The predicted molar refractivity (Wildman–Crippen MR) is 186 cm³/mol. The molecule has 0 aromatic heterocycles. The van der Waals surface area contributed by atoms with Gasteiger partial charge in [-0.3, -0.25) is 0 Å². The van der Waals surface area contributed by atoms with Gasteiger partial charge in [0.2, 0.25) is 0 Å². The van der Waals surface area contributed by atoms with E-state index in [2.05, 4.69) is 43.0 Å². The summed E-state index contributed by atoms with van der Waals surface area (Å²) < 4.78 is 0. The van der Waals surface area contributed by atoms with Gasteiger partial charge in [-0.05, 0) is 25.7 Å². The van der Waals surface area contributed by atoms with Crippen molar-refractivity contribution in [3.8, 4) is 0 Å². The molecule has 0 bridgehead atoms. The first-order valence-electron chi connectivity index (χ1n) is 19.5. The van der Waals surface area contributed by atoms with Crippen LogP contribution in [0.2, 0.25) is 0 Å². The van der Waals surface area contributed by atoms with Crippen molar-refractivity contribution < 1.29 is 0 Å². The number of unbranched alkanes of at least 4 members (excludes halogenated alkanes) is 27. The molecule has 1 rings (SSSR count). The van der Waals surface area contributed by atoms with Crippen molar-refractivity contribution in [3.05, 3.63) is 12.4 Å². The highest BCUT2D eigenvalue weighted by molar-refractivity contribution is 4.97. The lowest BCUT2D eigenvalue weighted by molar-refractivity contribution is 0.135. The molecule has 1 aliphatic rings. The molecule has 0 saturated carbocycles. The molecule has 0 spiro atoms. The zero-order valence-corrected chi connectivity index (χ0v) is 29.0. The average molecular weight is 575 g/mol. The maximum absolute atomic E-state index is 2.72. The molecule has 2 heteroatoms. The first-order valence-corrected chi connectivity index (χ1v) is 19.5. The lowest BCUT2D eigenvalue weighted by Gasteiger charge is -2.33. The molecule has 0 aromatic carbocycles. The molecule has 0 radical (unpaired) electrons. The summed E-state index contributed by atoms with van der Waals surface area (Å²) in [4.78, 5) is 5.43. The fourth-order valence-electron chi connectivity index (χ4n) is 6.72. The molecule has 1 unspecified atom stereocenters. The van der Waals surface area contributed by atoms with E-state index in [-0.39, 0.29) is 0 Å². The Hall–Kier alpha value is -0.660. The van der Waals surface area contributed by atoms with Crippen LogP contribution in [0, 0.1) is 0 Å². The summed E-state index contributed by atoms with van der Waals surface area (Å²) >= 11 is 0. The molecule has 0 saturated heterocycles. The van der Waals surface area contributed by atoms with Crippen LogP contribution in [0.25, 0.3) is 0 Å². The Morgan fingerprint density at radius 2 is 0.561 bits per heavy atom. The highest BCUT2D eigenvalue weighted by Gasteiger charge is 2.24. The Bertz CT molecular complexity index is 530. The van der Waals surface area contributed by atoms with E-state index in [0.717, 1.165) is 0 Å². The third kappa shape index (κ3) is 23.5. The van der Waals surface area contributed by atoms with E-state index >= 15 is 0 Å². The Morgan fingerprint density at radius 1 is 0.317 bits per heavy atom. The second-order valence-electron chi connectivity index (χ2n) is 13.6. The summed E-state index contributed by atoms with van der Waals surface area (Å²) in [6.45, 7) is 9.48. The van der Waals surface area contributed by atoms with Crippen LogP contribution in [0.1, 0.15) is 220 Å². The van der Waals surface area contributed by atoms with Crippen molar-refractivity contribution in [3.63, 3.8) is 0 Å². The topological polar surface area (TPSA) is 6.48 Å². The van der Waals surface area contributed by atoms with Gasteiger partial charge in [-0.15, -0.1) is 0 Å². The summed E-state index contributed by atoms with van der Waals surface area (Å²) in [6, 6.07) is 0. The first-order chi connectivity index (χ1) is 20.3. The standard InChI is InChI=1S/C39H78N2/c1-4-7-10-13-16-19-21-24-27-30-33-36-41-38-37-40(35-32-29-26-23-20-17-14-11-8-5-2)39(41)34-31-28-25-22-18-15-12-9-6-3/h37-39H,4-36H2,1-3H3. The molecule has 2 nitrogen and oxygen atoms in total. The van der Waals surface area contributed by atoms with E-state index < -0.39 is 0 Å². The molecule has 244 valence electrons. The largest absolute Gasteiger partial charge is 0.356 e. The lowest BCUT2D eigenvalue weighted by atomic mass is 10.0. The van der Waals surface area contributed by atoms with E-state index in [0.29, 0.717) is 6.17 Å². The normalized spacial score (nSPS) is 15.0. The number of hydrogen-bond acceptors (Lipinski definition) is 2. The van der Waals surface area contributed by atoms with Gasteiger partial charge in [0, 0.05) is 25.5 Å². The molecule has 0 amide bonds. The van der Waals surface area contributed by atoms with Crippen molar-refractivity contribution in [1.29, 1.82) is 0 Å². The van der Waals surface area contributed by atoms with Gasteiger partial charge in [0.05, 0.1) is 0 Å². The minimum absolute atomic E-state index is 0.640. The summed E-state index contributed by atoms with van der Waals surface area (Å²) in [6.07, 6.45) is 49.9. The third-order valence-electron chi connectivity index (χ3n) is 9.57. The van der Waals surface area contributed by atoms with E-state index in [1.807, 2.05) is 0 Å². The van der Waals surface area contributed by atoms with Gasteiger partial charge in [-0.25, -0.2) is 0 Å². The molecule has 0 N–H and O–H groups in total. The zero-order valence-electron chi connectivity index (χ0n) is 29.0. The minimum Gasteiger partial charge on any atom is -0.356 e. The zero-order chi connectivity index (χ0) is 29.5. The Kier molecular flexibility index (Phi) is 28.8. The average Bonchev–Trinajstić information content (AvgIpc) is 3.37. The van der Waals surface area contributed by atoms with Gasteiger partial charge in [0.25, 0.3) is 0 Å². The molecule has 1 atom stereocenters. The second kappa shape index (κ2) is 30.8. The number of nitrogens with zero attached hydrogens (tertiary/aromatic N) is 2. The van der Waals surface area contributed by atoms with Gasteiger partial charge >= 0.3 is 0 Å². The monoisotopic (exact) mass is 575 g/mol. The summed E-state index contributed by atoms with van der Waals surface area (Å²) in [5.41, 5.74) is 0. The molecular weight excluding hydrogens is 496 g/mol. The van der Waals surface area contributed by atoms with Crippen LogP contribution in [0.15, 0.2) is 12.4 Å². The van der Waals surface area contributed by atoms with E-state index in [4.69, 9.17) is 0 Å². The van der Waals surface area contributed by atoms with Crippen LogP contribution >= 0.6 is 0 Å². The fourth-order valence-corrected chi connectivity index (χ4v) is 6.72. The molecule has 0 aliphatic carbocycles. The number of rotatable bonds is 33. The quantitative estimate of drug-likeness (QED) is 0.0719. The van der Waals surface area contributed by atoms with Gasteiger partial charge in [0.1, 0.15) is 6.17 Å². The molecule has 41 heavy (non-hydrogen) atoms. The maximum atomic E-state index is 2.72. The minimum atomic E-state index is 0.640. The summed E-state index contributed by atoms with van der Waals surface area (Å²) in [7, 11) is 0. The van der Waals surface area contributed by atoms with Crippen molar-refractivity contribution in [2.75, 3.05) is 13.1 Å². The maximum Gasteiger partial charge on any atom is 0.101 e. The Labute approximate surface area is 260 Å². The summed E-state index contributed by atoms with van der Waals surface area (Å²) in [5.74, 6) is 0. The lowest BCUT2D eigenvalue weighted by Crippen LogP contribution is -2.39. The van der Waals surface area contributed by atoms with Crippen LogP contribution in [0.3, 0.4) is 0 Å². The molecule has 0 aromatic rings. The second-order valence-corrected chi connectivity index (χ2v) is 13.6. The van der Waals surface area contributed by atoms with Crippen molar-refractivity contribution in [2.45, 2.75) is 226 Å². The van der Waals surface area contributed by atoms with Gasteiger partial charge in [0.15, 0.2) is 0 Å². The van der Waals surface area contributed by atoms with Crippen LogP contribution < -0.4 is 0 Å². The summed E-state index contributed by atoms with van der Waals surface area (Å²) in [5, 5.41) is 0. The molecule has 0 fully saturated rings. The Balaban J connectivity index is 2.23. The van der Waals surface area contributed by atoms with E-state index in [1.165, 1.54) is 212 Å². The Morgan fingerprint density at radius 3 is 0.854 bits per heavy atom. The first kappa shape index (κ1) is 38.4. The SMILES string of the molecule is CCCCCCCCCCCCCN1C=CN(CCCCCCCCCCCC)C1CCCCCCCCCCC. The molecule has 1 heterocycles. The molecular formula is C39H78N2. The number of hydrogen-bond donors (Lipinski definition) is 0. The van der Waals surface area contributed by atoms with Crippen LogP contribution in [-0.4, -0.2) is 29.1 Å². The fraction of sp³-hybridized carbons (Fsp3) is 0.949. The predicted octanol–water partition coefficient (Wildman–Crippen LogP) is 13.6. The molecule has 1 aliphatic heterocycles. The highest BCUT2D eigenvalue weighted by Crippen LogP contribution is 2.24. The van der Waals surface area contributed by atoms with Crippen molar-refractivity contribution in [2.24, 2.45) is 0 Å². The highest BCUT2D eigenvalue weighted by atomic mass is 15.4. The van der Waals surface area contributed by atoms with Gasteiger partial charge < -0.3 is 9.80 Å². The van der Waals surface area contributed by atoms with Gasteiger partial charge in [-0.1, -0.05) is 194 Å². The van der Waals surface area contributed by atoms with E-state index in [1.54, 1.807) is 0 Å². The third-order valence-corrected chi connectivity index (χ3v) is 9.57. The van der Waals surface area contributed by atoms with E-state index in [9.17, 15) is 0 Å². The van der Waals surface area contributed by atoms with Gasteiger partial charge in [-0.2, -0.15) is 0 Å². The van der Waals surface area contributed by atoms with Crippen LogP contribution in [0.5, 0.6) is 0 Å². The van der Waals surface area contributed by atoms with Crippen molar-refractivity contribution >= 4 is 0 Å². The van der Waals surface area contributed by atoms with Crippen molar-refractivity contribution in [1.82, 2.24) is 9.80 Å². The van der Waals surface area contributed by atoms with Crippen LogP contribution in [-0.2, 0) is 0 Å². The smallest absolute Gasteiger partial charge is 0.101 e.